The van der Waals surface area contributed by atoms with Gasteiger partial charge in [0, 0.05) is 16.1 Å². The fourth-order valence-corrected chi connectivity index (χ4v) is 5.51. The Hall–Kier alpha value is -3.94. The minimum absolute atomic E-state index is 0.243. The van der Waals surface area contributed by atoms with Gasteiger partial charge in [0.15, 0.2) is 4.80 Å². The van der Waals surface area contributed by atoms with E-state index in [1.54, 1.807) is 17.6 Å². The third-order valence-corrected chi connectivity index (χ3v) is 7.44. The van der Waals surface area contributed by atoms with Crippen LogP contribution in [0.4, 0.5) is 0 Å². The summed E-state index contributed by atoms with van der Waals surface area (Å²) < 4.78 is 13.2. The number of thiazole rings is 1. The van der Waals surface area contributed by atoms with Crippen molar-refractivity contribution in [3.63, 3.8) is 0 Å². The summed E-state index contributed by atoms with van der Waals surface area (Å²) in [5, 5.41) is 0.631. The van der Waals surface area contributed by atoms with Crippen LogP contribution >= 0.6 is 22.9 Å². The summed E-state index contributed by atoms with van der Waals surface area (Å²) in [6.07, 6.45) is 1.80. The molecule has 0 aliphatic carbocycles. The van der Waals surface area contributed by atoms with E-state index < -0.39 is 12.0 Å². The van der Waals surface area contributed by atoms with Gasteiger partial charge in [0.25, 0.3) is 5.56 Å². The largest absolute Gasteiger partial charge is 0.488 e. The molecule has 3 aromatic carbocycles. The number of benzene rings is 3. The molecule has 186 valence electrons. The number of hydrogen-bond donors (Lipinski definition) is 0. The zero-order valence-electron chi connectivity index (χ0n) is 20.2. The summed E-state index contributed by atoms with van der Waals surface area (Å²) in [6.45, 7) is 2.05. The van der Waals surface area contributed by atoms with Crippen molar-refractivity contribution >= 4 is 35.0 Å². The lowest BCUT2D eigenvalue weighted by atomic mass is 9.96. The molecule has 6 nitrogen and oxygen atoms in total. The summed E-state index contributed by atoms with van der Waals surface area (Å²) in [5.41, 5.74) is 3.04. The van der Waals surface area contributed by atoms with Gasteiger partial charge in [-0.2, -0.15) is 0 Å². The number of carbonyl (C=O) groups is 1. The lowest BCUT2D eigenvalue weighted by Gasteiger charge is -2.24. The van der Waals surface area contributed by atoms with E-state index in [4.69, 9.17) is 21.1 Å². The number of allylic oxidation sites excluding steroid dienone is 1. The molecule has 0 spiro atoms. The Morgan fingerprint density at radius 2 is 1.76 bits per heavy atom. The number of para-hydroxylation sites is 1. The van der Waals surface area contributed by atoms with Crippen molar-refractivity contribution in [2.75, 3.05) is 7.11 Å². The van der Waals surface area contributed by atoms with Crippen LogP contribution in [0.1, 0.15) is 29.7 Å². The highest BCUT2D eigenvalue weighted by Gasteiger charge is 2.32. The second-order valence-corrected chi connectivity index (χ2v) is 9.82. The zero-order valence-corrected chi connectivity index (χ0v) is 21.8. The van der Waals surface area contributed by atoms with Crippen LogP contribution in [-0.2, 0) is 16.1 Å². The number of methoxy groups -OCH3 is 1. The van der Waals surface area contributed by atoms with Crippen LogP contribution in [0.5, 0.6) is 5.75 Å². The van der Waals surface area contributed by atoms with Crippen molar-refractivity contribution in [1.82, 2.24) is 4.57 Å². The van der Waals surface area contributed by atoms with Gasteiger partial charge < -0.3 is 9.47 Å². The van der Waals surface area contributed by atoms with E-state index in [1.807, 2.05) is 78.9 Å². The molecule has 0 fully saturated rings. The number of hydrogen-bond acceptors (Lipinski definition) is 6. The van der Waals surface area contributed by atoms with Gasteiger partial charge in [0.1, 0.15) is 12.4 Å². The predicted molar refractivity (Wildman–Crippen MR) is 144 cm³/mol. The lowest BCUT2D eigenvalue weighted by Crippen LogP contribution is -2.39. The molecule has 0 N–H and O–H groups in total. The molecule has 1 aromatic heterocycles. The van der Waals surface area contributed by atoms with Gasteiger partial charge in [-0.25, -0.2) is 9.79 Å². The first kappa shape index (κ1) is 24.7. The van der Waals surface area contributed by atoms with Gasteiger partial charge in [-0.1, -0.05) is 89.7 Å². The molecule has 2 heterocycles. The quantitative estimate of drug-likeness (QED) is 0.341. The van der Waals surface area contributed by atoms with E-state index in [-0.39, 0.29) is 5.56 Å². The molecule has 0 unspecified atom stereocenters. The smallest absolute Gasteiger partial charge is 0.338 e. The first-order valence-electron chi connectivity index (χ1n) is 11.6. The maximum absolute atomic E-state index is 13.7. The molecule has 4 aromatic rings. The van der Waals surface area contributed by atoms with Crippen molar-refractivity contribution in [2.24, 2.45) is 4.99 Å². The minimum Gasteiger partial charge on any atom is -0.488 e. The Labute approximate surface area is 222 Å². The monoisotopic (exact) mass is 530 g/mol. The zero-order chi connectivity index (χ0) is 25.9. The highest BCUT2D eigenvalue weighted by Crippen LogP contribution is 2.30. The normalized spacial score (nSPS) is 15.2. The second kappa shape index (κ2) is 10.6. The van der Waals surface area contributed by atoms with Crippen LogP contribution in [0.15, 0.2) is 99.9 Å². The molecular weight excluding hydrogens is 508 g/mol. The van der Waals surface area contributed by atoms with E-state index in [2.05, 4.69) is 4.99 Å². The predicted octanol–water partition coefficient (Wildman–Crippen LogP) is 4.64. The average molecular weight is 531 g/mol. The van der Waals surface area contributed by atoms with Gasteiger partial charge in [0.05, 0.1) is 29.0 Å². The molecular formula is C29H23ClN2O4S. The van der Waals surface area contributed by atoms with Crippen LogP contribution in [0.25, 0.3) is 6.08 Å². The number of halogens is 1. The number of rotatable bonds is 6. The van der Waals surface area contributed by atoms with Gasteiger partial charge in [-0.15, -0.1) is 0 Å². The molecule has 5 rings (SSSR count). The van der Waals surface area contributed by atoms with E-state index in [1.165, 1.54) is 18.4 Å². The Bertz CT molecular complexity index is 1690. The van der Waals surface area contributed by atoms with Crippen LogP contribution in [0.3, 0.4) is 0 Å². The third-order valence-electron chi connectivity index (χ3n) is 6.09. The fraction of sp³-hybridized carbons (Fsp3) is 0.138. The number of aromatic nitrogens is 1. The molecule has 8 heteroatoms. The average Bonchev–Trinajstić information content (AvgIpc) is 3.22. The Morgan fingerprint density at radius 3 is 2.51 bits per heavy atom. The number of fused-ring (bicyclic) bond motifs is 1. The van der Waals surface area contributed by atoms with Gasteiger partial charge in [-0.05, 0) is 30.7 Å². The van der Waals surface area contributed by atoms with E-state index in [0.29, 0.717) is 38.0 Å². The van der Waals surface area contributed by atoms with E-state index >= 15 is 0 Å². The topological polar surface area (TPSA) is 69.9 Å². The van der Waals surface area contributed by atoms with Crippen molar-refractivity contribution < 1.29 is 14.3 Å². The molecule has 1 aliphatic rings. The number of ether oxygens (including phenoxy) is 2. The molecule has 0 amide bonds. The van der Waals surface area contributed by atoms with Crippen LogP contribution in [0.2, 0.25) is 5.02 Å². The van der Waals surface area contributed by atoms with Crippen molar-refractivity contribution in [3.8, 4) is 5.75 Å². The maximum Gasteiger partial charge on any atom is 0.338 e. The lowest BCUT2D eigenvalue weighted by molar-refractivity contribution is -0.136. The Kier molecular flexibility index (Phi) is 7.08. The SMILES string of the molecule is COC(=O)C1=C(C)N=c2s/c(=C\c3ccccc3OCc3ccccc3Cl)c(=O)n2[C@H]1c1ccccc1. The molecule has 0 saturated heterocycles. The van der Waals surface area contributed by atoms with Crippen molar-refractivity contribution in [3.05, 3.63) is 132 Å². The molecule has 1 aliphatic heterocycles. The number of carbonyl (C=O) groups excluding carboxylic acids is 1. The van der Waals surface area contributed by atoms with Gasteiger partial charge >= 0.3 is 5.97 Å². The molecule has 0 radical (unpaired) electrons. The number of nitrogens with zero attached hydrogens (tertiary/aromatic N) is 2. The summed E-state index contributed by atoms with van der Waals surface area (Å²) in [4.78, 5) is 31.6. The van der Waals surface area contributed by atoms with E-state index in [9.17, 15) is 9.59 Å². The number of esters is 1. The van der Waals surface area contributed by atoms with Crippen molar-refractivity contribution in [2.45, 2.75) is 19.6 Å². The standard InChI is InChI=1S/C29H23ClN2O4S/c1-18-25(28(34)35-2)26(19-10-4-3-5-11-19)32-27(33)24(37-29(32)31-18)16-20-12-7-9-15-23(20)36-17-21-13-6-8-14-22(21)30/h3-16,26H,17H2,1-2H3/b24-16-/t26-/m0/s1. The first-order valence-corrected chi connectivity index (χ1v) is 12.8. The molecule has 37 heavy (non-hydrogen) atoms. The summed E-state index contributed by atoms with van der Waals surface area (Å²) in [7, 11) is 1.33. The highest BCUT2D eigenvalue weighted by atomic mass is 35.5. The summed E-state index contributed by atoms with van der Waals surface area (Å²) in [5.74, 6) is 0.113. The fourth-order valence-electron chi connectivity index (χ4n) is 4.29. The molecule has 0 bridgehead atoms. The second-order valence-electron chi connectivity index (χ2n) is 8.40. The Morgan fingerprint density at radius 1 is 1.05 bits per heavy atom. The van der Waals surface area contributed by atoms with Crippen LogP contribution < -0.4 is 19.6 Å². The minimum atomic E-state index is -0.640. The first-order chi connectivity index (χ1) is 18.0. The Balaban J connectivity index is 1.60. The van der Waals surface area contributed by atoms with Gasteiger partial charge in [0.2, 0.25) is 0 Å². The van der Waals surface area contributed by atoms with Crippen molar-refractivity contribution in [1.29, 1.82) is 0 Å². The van der Waals surface area contributed by atoms with Crippen LogP contribution in [-0.4, -0.2) is 17.6 Å². The summed E-state index contributed by atoms with van der Waals surface area (Å²) >= 11 is 7.55. The summed E-state index contributed by atoms with van der Waals surface area (Å²) in [6, 6.07) is 23.8. The molecule has 1 atom stereocenters. The molecule has 0 saturated carbocycles. The van der Waals surface area contributed by atoms with Gasteiger partial charge in [-0.3, -0.25) is 9.36 Å². The van der Waals surface area contributed by atoms with E-state index in [0.717, 1.165) is 16.7 Å². The third kappa shape index (κ3) is 4.88. The van der Waals surface area contributed by atoms with Crippen LogP contribution in [0, 0.1) is 0 Å². The maximum atomic E-state index is 13.7. The highest BCUT2D eigenvalue weighted by molar-refractivity contribution is 7.07.